The fourth-order valence-corrected chi connectivity index (χ4v) is 3.79. The molecule has 0 radical (unpaired) electrons. The second-order valence-electron chi connectivity index (χ2n) is 3.18. The maximum Gasteiger partial charge on any atom is 0.0685 e. The Morgan fingerprint density at radius 2 is 2.21 bits per heavy atom. The van der Waals surface area contributed by atoms with Gasteiger partial charge in [-0.2, -0.15) is 0 Å². The van der Waals surface area contributed by atoms with Crippen LogP contribution in [0.3, 0.4) is 0 Å². The molecule has 0 aliphatic heterocycles. The molecule has 1 nitrogen and oxygen atoms in total. The number of thiophene rings is 1. The molecule has 1 N–H and O–H groups in total. The van der Waals surface area contributed by atoms with E-state index >= 15 is 0 Å². The van der Waals surface area contributed by atoms with Gasteiger partial charge in [-0.15, -0.1) is 11.3 Å². The molecule has 14 heavy (non-hydrogen) atoms. The summed E-state index contributed by atoms with van der Waals surface area (Å²) >= 11 is 4.13. The summed E-state index contributed by atoms with van der Waals surface area (Å²) < 4.78 is 2.64. The molecule has 0 aliphatic rings. The number of hydrogen-bond acceptors (Lipinski definition) is 2. The lowest BCUT2D eigenvalue weighted by Gasteiger charge is -2.06. The molecule has 0 fully saturated rings. The maximum absolute atomic E-state index is 9.22. The van der Waals surface area contributed by atoms with Crippen molar-refractivity contribution in [2.24, 2.45) is 0 Å². The number of halogens is 1. The molecule has 1 aromatic carbocycles. The third-order valence-corrected chi connectivity index (χ3v) is 4.79. The molecule has 0 spiro atoms. The second-order valence-corrected chi connectivity index (χ2v) is 5.22. The average Bonchev–Trinajstić information content (AvgIpc) is 2.59. The summed E-state index contributed by atoms with van der Waals surface area (Å²) in [6, 6.07) is 4.15. The van der Waals surface area contributed by atoms with Gasteiger partial charge in [0.2, 0.25) is 0 Å². The van der Waals surface area contributed by atoms with Crippen LogP contribution in [0.15, 0.2) is 17.5 Å². The number of aliphatic hydroxyl groups excluding tert-OH is 1. The summed E-state index contributed by atoms with van der Waals surface area (Å²) in [5, 5.41) is 12.7. The first-order chi connectivity index (χ1) is 6.77. The van der Waals surface area contributed by atoms with Crippen LogP contribution in [0, 0.1) is 3.57 Å². The van der Waals surface area contributed by atoms with Crippen molar-refractivity contribution in [3.05, 3.63) is 32.2 Å². The molecular formula is C11H11IOS. The van der Waals surface area contributed by atoms with Crippen LogP contribution in [-0.2, 0) is 13.0 Å². The normalized spacial score (nSPS) is 11.1. The van der Waals surface area contributed by atoms with Crippen LogP contribution in [0.4, 0.5) is 0 Å². The monoisotopic (exact) mass is 318 g/mol. The molecule has 3 heteroatoms. The van der Waals surface area contributed by atoms with Gasteiger partial charge in [0.05, 0.1) is 6.61 Å². The largest absolute Gasteiger partial charge is 0.392 e. The fourth-order valence-electron chi connectivity index (χ4n) is 1.70. The van der Waals surface area contributed by atoms with E-state index in [4.69, 9.17) is 0 Å². The Morgan fingerprint density at radius 3 is 2.86 bits per heavy atom. The molecule has 74 valence electrons. The molecule has 0 atom stereocenters. The van der Waals surface area contributed by atoms with E-state index in [-0.39, 0.29) is 6.61 Å². The molecule has 0 bridgehead atoms. The Kier molecular flexibility index (Phi) is 3.09. The Hall–Kier alpha value is -0.130. The maximum atomic E-state index is 9.22. The molecule has 0 unspecified atom stereocenters. The van der Waals surface area contributed by atoms with Gasteiger partial charge in [0.15, 0.2) is 0 Å². The molecule has 0 aliphatic carbocycles. The second kappa shape index (κ2) is 4.16. The topological polar surface area (TPSA) is 20.2 Å². The van der Waals surface area contributed by atoms with Gasteiger partial charge in [0, 0.05) is 19.0 Å². The molecule has 1 aromatic heterocycles. The van der Waals surface area contributed by atoms with Gasteiger partial charge in [-0.25, -0.2) is 0 Å². The molecular weight excluding hydrogens is 307 g/mol. The van der Waals surface area contributed by atoms with Crippen LogP contribution in [0.2, 0.25) is 0 Å². The van der Waals surface area contributed by atoms with E-state index in [0.29, 0.717) is 0 Å². The Labute approximate surface area is 101 Å². The number of rotatable bonds is 2. The SMILES string of the molecule is CCc1c(CO)ccc2c(I)csc12. The van der Waals surface area contributed by atoms with E-state index in [1.165, 1.54) is 19.2 Å². The highest BCUT2D eigenvalue weighted by atomic mass is 127. The predicted octanol–water partition coefficient (Wildman–Crippen LogP) is 3.56. The van der Waals surface area contributed by atoms with Crippen LogP contribution >= 0.6 is 33.9 Å². The van der Waals surface area contributed by atoms with Crippen molar-refractivity contribution in [2.75, 3.05) is 0 Å². The van der Waals surface area contributed by atoms with Crippen molar-refractivity contribution in [2.45, 2.75) is 20.0 Å². The van der Waals surface area contributed by atoms with E-state index in [1.54, 1.807) is 11.3 Å². The van der Waals surface area contributed by atoms with Gasteiger partial charge < -0.3 is 5.11 Å². The lowest BCUT2D eigenvalue weighted by Crippen LogP contribution is -1.92. The highest BCUT2D eigenvalue weighted by Crippen LogP contribution is 2.32. The first-order valence-electron chi connectivity index (χ1n) is 4.56. The van der Waals surface area contributed by atoms with Gasteiger partial charge >= 0.3 is 0 Å². The number of hydrogen-bond donors (Lipinski definition) is 1. The lowest BCUT2D eigenvalue weighted by molar-refractivity contribution is 0.281. The van der Waals surface area contributed by atoms with Gasteiger partial charge in [0.1, 0.15) is 0 Å². The lowest BCUT2D eigenvalue weighted by atomic mass is 10.0. The smallest absolute Gasteiger partial charge is 0.0685 e. The number of fused-ring (bicyclic) bond motifs is 1. The fraction of sp³-hybridized carbons (Fsp3) is 0.273. The van der Waals surface area contributed by atoms with Crippen molar-refractivity contribution in [3.63, 3.8) is 0 Å². The average molecular weight is 318 g/mol. The molecule has 0 amide bonds. The van der Waals surface area contributed by atoms with E-state index in [9.17, 15) is 5.11 Å². The summed E-state index contributed by atoms with van der Waals surface area (Å²) in [4.78, 5) is 0. The minimum absolute atomic E-state index is 0.146. The van der Waals surface area contributed by atoms with Crippen LogP contribution in [0.1, 0.15) is 18.1 Å². The van der Waals surface area contributed by atoms with Crippen molar-refractivity contribution in [3.8, 4) is 0 Å². The summed E-state index contributed by atoms with van der Waals surface area (Å²) in [5.41, 5.74) is 2.37. The zero-order valence-corrected chi connectivity index (χ0v) is 10.9. The molecule has 0 saturated heterocycles. The van der Waals surface area contributed by atoms with E-state index in [1.807, 2.05) is 6.07 Å². The Balaban J connectivity index is 2.77. The molecule has 2 rings (SSSR count). The van der Waals surface area contributed by atoms with E-state index in [0.717, 1.165) is 12.0 Å². The van der Waals surface area contributed by atoms with Crippen molar-refractivity contribution >= 4 is 44.0 Å². The van der Waals surface area contributed by atoms with Gasteiger partial charge in [-0.05, 0) is 40.1 Å². The number of aliphatic hydroxyl groups is 1. The van der Waals surface area contributed by atoms with Gasteiger partial charge in [-0.3, -0.25) is 0 Å². The highest BCUT2D eigenvalue weighted by molar-refractivity contribution is 14.1. The third-order valence-electron chi connectivity index (χ3n) is 2.42. The first-order valence-corrected chi connectivity index (χ1v) is 6.52. The minimum Gasteiger partial charge on any atom is -0.392 e. The zero-order chi connectivity index (χ0) is 10.1. The van der Waals surface area contributed by atoms with Crippen molar-refractivity contribution < 1.29 is 5.11 Å². The van der Waals surface area contributed by atoms with E-state index in [2.05, 4.69) is 41.0 Å². The highest BCUT2D eigenvalue weighted by Gasteiger charge is 2.08. The van der Waals surface area contributed by atoms with Crippen LogP contribution in [0.25, 0.3) is 10.1 Å². The van der Waals surface area contributed by atoms with Crippen molar-refractivity contribution in [1.29, 1.82) is 0 Å². The summed E-state index contributed by atoms with van der Waals surface area (Å²) in [7, 11) is 0. The predicted molar refractivity (Wildman–Crippen MR) is 69.8 cm³/mol. The van der Waals surface area contributed by atoms with E-state index < -0.39 is 0 Å². The van der Waals surface area contributed by atoms with Gasteiger partial charge in [0.25, 0.3) is 0 Å². The van der Waals surface area contributed by atoms with Gasteiger partial charge in [-0.1, -0.05) is 19.1 Å². The van der Waals surface area contributed by atoms with Crippen LogP contribution in [-0.4, -0.2) is 5.11 Å². The van der Waals surface area contributed by atoms with Crippen LogP contribution < -0.4 is 0 Å². The summed E-state index contributed by atoms with van der Waals surface area (Å²) in [6.45, 7) is 2.29. The Bertz CT molecular complexity index is 462. The third kappa shape index (κ3) is 1.57. The molecule has 2 aromatic rings. The first kappa shape index (κ1) is 10.4. The van der Waals surface area contributed by atoms with Crippen LogP contribution in [0.5, 0.6) is 0 Å². The number of benzene rings is 1. The van der Waals surface area contributed by atoms with Crippen molar-refractivity contribution in [1.82, 2.24) is 0 Å². The minimum atomic E-state index is 0.146. The number of aryl methyl sites for hydroxylation is 1. The Morgan fingerprint density at radius 1 is 1.43 bits per heavy atom. The standard InChI is InChI=1S/C11H11IOS/c1-2-8-7(5-13)3-4-9-10(12)6-14-11(8)9/h3-4,6,13H,2,5H2,1H3. The quantitative estimate of drug-likeness (QED) is 0.840. The molecule has 0 saturated carbocycles. The molecule has 1 heterocycles. The zero-order valence-electron chi connectivity index (χ0n) is 7.88. The summed E-state index contributed by atoms with van der Waals surface area (Å²) in [6.07, 6.45) is 0.990. The summed E-state index contributed by atoms with van der Waals surface area (Å²) in [5.74, 6) is 0.